The second kappa shape index (κ2) is 7.00. The monoisotopic (exact) mass is 405 g/mol. The van der Waals surface area contributed by atoms with E-state index in [4.69, 9.17) is 34.8 Å². The smallest absolute Gasteiger partial charge is 0.274 e. The molecular weight excluding hydrogens is 397 g/mol. The first kappa shape index (κ1) is 18.3. The molecule has 5 nitrogen and oxygen atoms in total. The Morgan fingerprint density at radius 1 is 1.04 bits per heavy atom. The molecule has 8 heteroatoms. The molecule has 0 amide bonds. The van der Waals surface area contributed by atoms with Crippen molar-refractivity contribution in [1.82, 2.24) is 9.55 Å². The summed E-state index contributed by atoms with van der Waals surface area (Å²) in [6, 6.07) is 14.5. The number of benzene rings is 2. The van der Waals surface area contributed by atoms with E-state index in [2.05, 4.69) is 11.1 Å². The Morgan fingerprint density at radius 3 is 2.31 bits per heavy atom. The van der Waals surface area contributed by atoms with Gasteiger partial charge in [0.15, 0.2) is 4.87 Å². The number of H-pyrrole nitrogens is 1. The number of aromatic nitrogens is 2. The first-order chi connectivity index (χ1) is 12.3. The van der Waals surface area contributed by atoms with Gasteiger partial charge in [0.1, 0.15) is 0 Å². The summed E-state index contributed by atoms with van der Waals surface area (Å²) < 4.78 is 1.22. The van der Waals surface area contributed by atoms with Gasteiger partial charge in [-0.25, -0.2) is 4.79 Å². The van der Waals surface area contributed by atoms with Gasteiger partial charge in [-0.05, 0) is 29.8 Å². The van der Waals surface area contributed by atoms with Crippen LogP contribution in [0.5, 0.6) is 0 Å². The summed E-state index contributed by atoms with van der Waals surface area (Å²) in [5.74, 6) is 0. The second-order valence-corrected chi connectivity index (χ2v) is 6.83. The van der Waals surface area contributed by atoms with E-state index in [1.165, 1.54) is 22.9 Å². The Morgan fingerprint density at radius 2 is 1.73 bits per heavy atom. The number of nitrogens with zero attached hydrogens (tertiary/aromatic N) is 2. The molecule has 0 aliphatic heterocycles. The van der Waals surface area contributed by atoms with E-state index in [-0.39, 0.29) is 5.02 Å². The Balaban J connectivity index is 2.12. The molecule has 1 atom stereocenters. The highest BCUT2D eigenvalue weighted by Gasteiger charge is 2.34. The zero-order valence-corrected chi connectivity index (χ0v) is 15.3. The van der Waals surface area contributed by atoms with Crippen LogP contribution in [-0.4, -0.2) is 9.55 Å². The topological polar surface area (TPSA) is 78.7 Å². The van der Waals surface area contributed by atoms with Gasteiger partial charge in [-0.3, -0.25) is 14.3 Å². The van der Waals surface area contributed by atoms with Crippen LogP contribution < -0.4 is 11.2 Å². The Labute approximate surface area is 163 Å². The number of hydrogen-bond donors (Lipinski definition) is 1. The van der Waals surface area contributed by atoms with E-state index in [0.717, 1.165) is 0 Å². The molecule has 3 aromatic rings. The Hall–Kier alpha value is -2.52. The van der Waals surface area contributed by atoms with Crippen LogP contribution in [0.25, 0.3) is 5.69 Å². The fraction of sp³-hybridized carbons (Fsp3) is 0.0556. The van der Waals surface area contributed by atoms with E-state index in [0.29, 0.717) is 21.8 Å². The van der Waals surface area contributed by atoms with Crippen molar-refractivity contribution in [2.45, 2.75) is 4.87 Å². The van der Waals surface area contributed by atoms with Crippen molar-refractivity contribution in [3.05, 3.63) is 96.7 Å². The molecule has 1 aromatic heterocycles. The van der Waals surface area contributed by atoms with E-state index < -0.39 is 16.1 Å². The zero-order chi connectivity index (χ0) is 18.9. The summed E-state index contributed by atoms with van der Waals surface area (Å²) in [5.41, 5.74) is 0.208. The maximum absolute atomic E-state index is 11.9. The van der Waals surface area contributed by atoms with Gasteiger partial charge in [-0.1, -0.05) is 53.0 Å². The van der Waals surface area contributed by atoms with Gasteiger partial charge in [0.05, 0.1) is 11.8 Å². The van der Waals surface area contributed by atoms with E-state index in [9.17, 15) is 14.9 Å². The number of nitriles is 1. The van der Waals surface area contributed by atoms with Crippen LogP contribution in [0.2, 0.25) is 10.0 Å². The maximum atomic E-state index is 11.9. The number of nitrogens with one attached hydrogen (secondary N) is 1. The minimum absolute atomic E-state index is 0.201. The van der Waals surface area contributed by atoms with Gasteiger partial charge in [-0.2, -0.15) is 5.26 Å². The van der Waals surface area contributed by atoms with Gasteiger partial charge in [-0.15, -0.1) is 0 Å². The van der Waals surface area contributed by atoms with Gasteiger partial charge >= 0.3 is 5.69 Å². The minimum Gasteiger partial charge on any atom is -0.274 e. The molecule has 0 saturated carbocycles. The van der Waals surface area contributed by atoms with Crippen molar-refractivity contribution in [3.8, 4) is 11.8 Å². The first-order valence-electron chi connectivity index (χ1n) is 7.34. The summed E-state index contributed by atoms with van der Waals surface area (Å²) in [5, 5.41) is 10.4. The highest BCUT2D eigenvalue weighted by molar-refractivity contribution is 6.35. The molecule has 1 heterocycles. The fourth-order valence-corrected chi connectivity index (χ4v) is 3.30. The molecule has 0 saturated heterocycles. The SMILES string of the molecule is N#CC(Cl)(c1ccc(Cl)cc1)c1ccc(-n2ccc(=O)[nH]c2=O)cc1Cl. The molecule has 0 radical (unpaired) electrons. The maximum Gasteiger partial charge on any atom is 0.332 e. The lowest BCUT2D eigenvalue weighted by Crippen LogP contribution is -2.27. The lowest BCUT2D eigenvalue weighted by molar-refractivity contribution is 0.889. The predicted octanol–water partition coefficient (Wildman–Crippen LogP) is 3.84. The van der Waals surface area contributed by atoms with Crippen LogP contribution in [0.4, 0.5) is 0 Å². The van der Waals surface area contributed by atoms with Gasteiger partial charge in [0, 0.05) is 27.9 Å². The third-order valence-electron chi connectivity index (χ3n) is 3.82. The predicted molar refractivity (Wildman–Crippen MR) is 101 cm³/mol. The molecule has 0 fully saturated rings. The van der Waals surface area contributed by atoms with Crippen molar-refractivity contribution in [2.75, 3.05) is 0 Å². The lowest BCUT2D eigenvalue weighted by atomic mass is 9.91. The molecule has 0 aliphatic carbocycles. The molecule has 130 valence electrons. The van der Waals surface area contributed by atoms with Crippen LogP contribution in [-0.2, 0) is 4.87 Å². The molecule has 0 spiro atoms. The standard InChI is InChI=1S/C18H10Cl3N3O2/c19-12-3-1-11(2-4-12)18(21,10-22)14-6-5-13(9-15(14)20)24-8-7-16(25)23-17(24)26/h1-9H,(H,23,25,26). The van der Waals surface area contributed by atoms with Crippen molar-refractivity contribution >= 4 is 34.8 Å². The summed E-state index contributed by atoms with van der Waals surface area (Å²) in [6.07, 6.45) is 1.34. The van der Waals surface area contributed by atoms with E-state index in [1.807, 2.05) is 0 Å². The molecule has 2 aromatic carbocycles. The summed E-state index contributed by atoms with van der Waals surface area (Å²) in [4.78, 5) is 23.7. The lowest BCUT2D eigenvalue weighted by Gasteiger charge is -2.22. The number of alkyl halides is 1. The molecule has 0 aliphatic rings. The molecule has 3 rings (SSSR count). The summed E-state index contributed by atoms with van der Waals surface area (Å²) in [6.45, 7) is 0. The van der Waals surface area contributed by atoms with Crippen molar-refractivity contribution in [1.29, 1.82) is 5.26 Å². The Kier molecular flexibility index (Phi) is 4.92. The average molecular weight is 407 g/mol. The van der Waals surface area contributed by atoms with Crippen LogP contribution in [0.3, 0.4) is 0 Å². The quantitative estimate of drug-likeness (QED) is 0.671. The van der Waals surface area contributed by atoms with Crippen LogP contribution in [0, 0.1) is 11.3 Å². The third kappa shape index (κ3) is 3.27. The third-order valence-corrected chi connectivity index (χ3v) is 4.89. The van der Waals surface area contributed by atoms with Crippen molar-refractivity contribution in [2.24, 2.45) is 0 Å². The van der Waals surface area contributed by atoms with Gasteiger partial charge < -0.3 is 0 Å². The molecule has 1 unspecified atom stereocenters. The summed E-state index contributed by atoms with van der Waals surface area (Å²) in [7, 11) is 0. The normalized spacial score (nSPS) is 13.0. The minimum atomic E-state index is -1.52. The van der Waals surface area contributed by atoms with Crippen molar-refractivity contribution in [3.63, 3.8) is 0 Å². The van der Waals surface area contributed by atoms with E-state index >= 15 is 0 Å². The molecule has 26 heavy (non-hydrogen) atoms. The number of aromatic amines is 1. The molecule has 1 N–H and O–H groups in total. The van der Waals surface area contributed by atoms with Crippen LogP contribution in [0.15, 0.2) is 64.3 Å². The number of hydrogen-bond acceptors (Lipinski definition) is 3. The largest absolute Gasteiger partial charge is 0.332 e. The highest BCUT2D eigenvalue weighted by Crippen LogP contribution is 2.40. The van der Waals surface area contributed by atoms with E-state index in [1.54, 1.807) is 36.4 Å². The van der Waals surface area contributed by atoms with Crippen LogP contribution in [0.1, 0.15) is 11.1 Å². The van der Waals surface area contributed by atoms with Crippen LogP contribution >= 0.6 is 34.8 Å². The average Bonchev–Trinajstić information content (AvgIpc) is 2.61. The zero-order valence-electron chi connectivity index (χ0n) is 13.0. The van der Waals surface area contributed by atoms with Crippen molar-refractivity contribution < 1.29 is 0 Å². The highest BCUT2D eigenvalue weighted by atomic mass is 35.5. The van der Waals surface area contributed by atoms with Gasteiger partial charge in [0.25, 0.3) is 5.56 Å². The number of rotatable bonds is 3. The fourth-order valence-electron chi connectivity index (χ4n) is 2.51. The first-order valence-corrected chi connectivity index (χ1v) is 8.47. The molecule has 0 bridgehead atoms. The molecular formula is C18H10Cl3N3O2. The Bertz CT molecular complexity index is 1130. The second-order valence-electron chi connectivity index (χ2n) is 5.42. The van der Waals surface area contributed by atoms with Gasteiger partial charge in [0.2, 0.25) is 0 Å². The number of halogens is 3. The summed E-state index contributed by atoms with van der Waals surface area (Å²) >= 11 is 18.8.